The van der Waals surface area contributed by atoms with Gasteiger partial charge in [-0.25, -0.2) is 0 Å². The lowest BCUT2D eigenvalue weighted by atomic mass is 9.73. The van der Waals surface area contributed by atoms with Crippen molar-refractivity contribution in [3.63, 3.8) is 0 Å². The fourth-order valence-electron chi connectivity index (χ4n) is 7.02. The Morgan fingerprint density at radius 2 is 1.23 bits per heavy atom. The molecule has 6 heteroatoms. The summed E-state index contributed by atoms with van der Waals surface area (Å²) >= 11 is 7.22. The normalized spacial score (nSPS) is 25.7. The van der Waals surface area contributed by atoms with Gasteiger partial charge in [0.05, 0.1) is 18.3 Å². The van der Waals surface area contributed by atoms with E-state index < -0.39 is 0 Å². The molecule has 2 fully saturated rings. The molecule has 4 nitrogen and oxygen atoms in total. The molecule has 2 aromatic carbocycles. The van der Waals surface area contributed by atoms with Crippen LogP contribution < -0.4 is 9.47 Å². The predicted octanol–water partition coefficient (Wildman–Crippen LogP) is 9.18. The molecule has 222 valence electrons. The quantitative estimate of drug-likeness (QED) is 0.235. The molecule has 2 saturated carbocycles. The highest BCUT2D eigenvalue weighted by Crippen LogP contribution is 2.39. The standard InChI is InChI=1S/C34H48Br2O4/c1-22(25-10-14-29(15-11-25)39-33-8-4-6-31(35)23(33)2)20-28(38)21-27(18-19-37)26-12-16-30(17-13-26)40-34-9-5-7-32(36)24(34)3/h4-9,22,25-30,37-38H,10-21H2,1-3H3/t22-,25?,26?,27?,28?,29?,30?/m1/s1. The summed E-state index contributed by atoms with van der Waals surface area (Å²) in [7, 11) is 0. The average molecular weight is 681 g/mol. The lowest BCUT2D eigenvalue weighted by Gasteiger charge is -2.36. The number of rotatable bonds is 12. The van der Waals surface area contributed by atoms with Crippen LogP contribution in [0.4, 0.5) is 0 Å². The molecule has 2 N–H and O–H groups in total. The topological polar surface area (TPSA) is 58.9 Å². The maximum Gasteiger partial charge on any atom is 0.123 e. The molecule has 2 aliphatic carbocycles. The summed E-state index contributed by atoms with van der Waals surface area (Å²) in [5.41, 5.74) is 2.32. The summed E-state index contributed by atoms with van der Waals surface area (Å²) in [5, 5.41) is 21.0. The van der Waals surface area contributed by atoms with Crippen LogP contribution in [0, 0.1) is 37.5 Å². The van der Waals surface area contributed by atoms with Gasteiger partial charge in [-0.1, -0.05) is 50.9 Å². The predicted molar refractivity (Wildman–Crippen MR) is 170 cm³/mol. The molecule has 0 aromatic heterocycles. The largest absolute Gasteiger partial charge is 0.490 e. The van der Waals surface area contributed by atoms with Crippen LogP contribution in [0.15, 0.2) is 45.3 Å². The van der Waals surface area contributed by atoms with Crippen molar-refractivity contribution in [3.8, 4) is 11.5 Å². The third kappa shape index (κ3) is 8.72. The number of hydrogen-bond donors (Lipinski definition) is 2. The van der Waals surface area contributed by atoms with Crippen LogP contribution in [0.25, 0.3) is 0 Å². The lowest BCUT2D eigenvalue weighted by molar-refractivity contribution is 0.0487. The first-order valence-corrected chi connectivity index (χ1v) is 17.0. The summed E-state index contributed by atoms with van der Waals surface area (Å²) in [6, 6.07) is 12.3. The second kappa shape index (κ2) is 15.4. The minimum absolute atomic E-state index is 0.197. The molecule has 40 heavy (non-hydrogen) atoms. The van der Waals surface area contributed by atoms with Gasteiger partial charge in [0, 0.05) is 26.7 Å². The molecule has 0 spiro atoms. The van der Waals surface area contributed by atoms with Crippen LogP contribution in [-0.2, 0) is 0 Å². The molecule has 0 heterocycles. The van der Waals surface area contributed by atoms with Crippen molar-refractivity contribution in [2.45, 2.75) is 110 Å². The molecular weight excluding hydrogens is 632 g/mol. The SMILES string of the molecule is Cc1c(Br)cccc1OC1CCC(C(CCO)CC(O)C[C@@H](C)C2CCC(Oc3cccc(Br)c3C)CC2)CC1. The molecule has 0 aliphatic heterocycles. The Kier molecular flexibility index (Phi) is 12.3. The van der Waals surface area contributed by atoms with Crippen LogP contribution >= 0.6 is 31.9 Å². The monoisotopic (exact) mass is 678 g/mol. The Balaban J connectivity index is 1.20. The summed E-state index contributed by atoms with van der Waals surface area (Å²) in [4.78, 5) is 0. The first-order valence-electron chi connectivity index (χ1n) is 15.4. The van der Waals surface area contributed by atoms with Crippen molar-refractivity contribution >= 4 is 31.9 Å². The van der Waals surface area contributed by atoms with Gasteiger partial charge in [0.1, 0.15) is 11.5 Å². The molecule has 4 rings (SSSR count). The molecule has 0 amide bonds. The minimum atomic E-state index is -0.303. The van der Waals surface area contributed by atoms with E-state index >= 15 is 0 Å². The van der Waals surface area contributed by atoms with Crippen LogP contribution in [0.2, 0.25) is 0 Å². The van der Waals surface area contributed by atoms with Gasteiger partial charge in [-0.2, -0.15) is 0 Å². The highest BCUT2D eigenvalue weighted by atomic mass is 79.9. The van der Waals surface area contributed by atoms with E-state index in [2.05, 4.69) is 76.9 Å². The molecule has 0 radical (unpaired) electrons. The number of aliphatic hydroxyl groups is 2. The summed E-state index contributed by atoms with van der Waals surface area (Å²) in [6.45, 7) is 6.71. The fourth-order valence-corrected chi connectivity index (χ4v) is 7.72. The van der Waals surface area contributed by atoms with Gasteiger partial charge < -0.3 is 19.7 Å². The number of aliphatic hydroxyl groups excluding tert-OH is 2. The Morgan fingerprint density at radius 3 is 1.70 bits per heavy atom. The molecule has 2 unspecified atom stereocenters. The molecule has 0 saturated heterocycles. The number of halogens is 2. The van der Waals surface area contributed by atoms with Crippen molar-refractivity contribution in [2.75, 3.05) is 6.61 Å². The molecule has 2 aliphatic rings. The molecular formula is C34H48Br2O4. The summed E-state index contributed by atoms with van der Waals surface area (Å²) < 4.78 is 14.9. The maximum atomic E-state index is 11.1. The van der Waals surface area contributed by atoms with Crippen molar-refractivity contribution in [2.24, 2.45) is 23.7 Å². The molecule has 0 bridgehead atoms. The van der Waals surface area contributed by atoms with E-state index in [1.54, 1.807) is 0 Å². The van der Waals surface area contributed by atoms with E-state index in [0.717, 1.165) is 96.6 Å². The lowest BCUT2D eigenvalue weighted by Crippen LogP contribution is -2.32. The zero-order valence-electron chi connectivity index (χ0n) is 24.5. The van der Waals surface area contributed by atoms with Gasteiger partial charge in [-0.05, 0) is 132 Å². The van der Waals surface area contributed by atoms with Crippen molar-refractivity contribution < 1.29 is 19.7 Å². The highest BCUT2D eigenvalue weighted by Gasteiger charge is 2.32. The van der Waals surface area contributed by atoms with Gasteiger partial charge >= 0.3 is 0 Å². The second-order valence-electron chi connectivity index (χ2n) is 12.4. The molecule has 3 atom stereocenters. The highest BCUT2D eigenvalue weighted by molar-refractivity contribution is 9.10. The average Bonchev–Trinajstić information content (AvgIpc) is 2.94. The van der Waals surface area contributed by atoms with E-state index in [1.807, 2.05) is 12.1 Å². The third-order valence-corrected chi connectivity index (χ3v) is 11.4. The van der Waals surface area contributed by atoms with Crippen molar-refractivity contribution in [1.82, 2.24) is 0 Å². The van der Waals surface area contributed by atoms with E-state index in [9.17, 15) is 10.2 Å². The van der Waals surface area contributed by atoms with Gasteiger partial charge in [0.2, 0.25) is 0 Å². The number of ether oxygens (including phenoxy) is 2. The summed E-state index contributed by atoms with van der Waals surface area (Å²) in [6.07, 6.45) is 11.4. The van der Waals surface area contributed by atoms with Crippen molar-refractivity contribution in [1.29, 1.82) is 0 Å². The van der Waals surface area contributed by atoms with Crippen LogP contribution in [0.5, 0.6) is 11.5 Å². The Labute approximate surface area is 258 Å². The van der Waals surface area contributed by atoms with Crippen molar-refractivity contribution in [3.05, 3.63) is 56.5 Å². The Morgan fingerprint density at radius 1 is 0.750 bits per heavy atom. The third-order valence-electron chi connectivity index (χ3n) is 9.65. The van der Waals surface area contributed by atoms with Gasteiger partial charge in [-0.15, -0.1) is 0 Å². The van der Waals surface area contributed by atoms with E-state index in [0.29, 0.717) is 23.7 Å². The van der Waals surface area contributed by atoms with Gasteiger partial charge in [0.25, 0.3) is 0 Å². The van der Waals surface area contributed by atoms with E-state index in [-0.39, 0.29) is 24.9 Å². The second-order valence-corrected chi connectivity index (χ2v) is 14.1. The summed E-state index contributed by atoms with van der Waals surface area (Å²) in [5.74, 6) is 4.02. The molecule has 2 aromatic rings. The minimum Gasteiger partial charge on any atom is -0.490 e. The van der Waals surface area contributed by atoms with E-state index in [4.69, 9.17) is 9.47 Å². The zero-order valence-corrected chi connectivity index (χ0v) is 27.6. The Bertz CT molecular complexity index is 1060. The van der Waals surface area contributed by atoms with Gasteiger partial charge in [-0.3, -0.25) is 0 Å². The zero-order chi connectivity index (χ0) is 28.6. The smallest absolute Gasteiger partial charge is 0.123 e. The maximum absolute atomic E-state index is 11.1. The van der Waals surface area contributed by atoms with Crippen LogP contribution in [0.1, 0.15) is 88.7 Å². The first-order chi connectivity index (χ1) is 19.2. The number of benzene rings is 2. The number of hydrogen-bond acceptors (Lipinski definition) is 4. The fraction of sp³-hybridized carbons (Fsp3) is 0.647. The van der Waals surface area contributed by atoms with Crippen LogP contribution in [-0.4, -0.2) is 35.1 Å². The first kappa shape index (κ1) is 31.8. The van der Waals surface area contributed by atoms with Crippen LogP contribution in [0.3, 0.4) is 0 Å². The van der Waals surface area contributed by atoms with Gasteiger partial charge in [0.15, 0.2) is 0 Å². The van der Waals surface area contributed by atoms with E-state index in [1.165, 1.54) is 5.56 Å². The Hall–Kier alpha value is -1.08.